The second-order valence-corrected chi connectivity index (χ2v) is 6.93. The van der Waals surface area contributed by atoms with Crippen LogP contribution in [0.25, 0.3) is 0 Å². The van der Waals surface area contributed by atoms with Gasteiger partial charge in [0.25, 0.3) is 0 Å². The van der Waals surface area contributed by atoms with Gasteiger partial charge in [-0.25, -0.2) is 9.59 Å². The summed E-state index contributed by atoms with van der Waals surface area (Å²) in [7, 11) is 0. The topological polar surface area (TPSA) is 55.8 Å². The minimum absolute atomic E-state index is 0.304. The van der Waals surface area contributed by atoms with Gasteiger partial charge in [0.1, 0.15) is 5.60 Å². The van der Waals surface area contributed by atoms with Crippen molar-refractivity contribution in [3.8, 4) is 0 Å². The molecule has 1 aromatic rings. The maximum atomic E-state index is 12.3. The molecule has 118 valence electrons. The number of nitrogens with zero attached hydrogens (tertiary/aromatic N) is 1. The van der Waals surface area contributed by atoms with Gasteiger partial charge in [-0.15, -0.1) is 0 Å². The molecule has 1 amide bonds. The molecular weight excluding hydrogens is 282 g/mol. The second kappa shape index (κ2) is 5.00. The lowest BCUT2D eigenvalue weighted by atomic mass is 9.85. The third-order valence-electron chi connectivity index (χ3n) is 4.03. The highest BCUT2D eigenvalue weighted by Gasteiger charge is 2.49. The third kappa shape index (κ3) is 2.56. The highest BCUT2D eigenvalue weighted by atomic mass is 16.6. The van der Waals surface area contributed by atoms with Crippen molar-refractivity contribution in [3.05, 3.63) is 35.4 Å². The number of carbonyl (C=O) groups is 2. The molecule has 0 N–H and O–H groups in total. The molecule has 22 heavy (non-hydrogen) atoms. The van der Waals surface area contributed by atoms with E-state index in [1.807, 2.05) is 39.0 Å². The van der Waals surface area contributed by atoms with Crippen LogP contribution in [0.15, 0.2) is 24.3 Å². The molecule has 1 aromatic carbocycles. The largest absolute Gasteiger partial charge is 0.449 e. The van der Waals surface area contributed by atoms with Gasteiger partial charge in [-0.05, 0) is 39.7 Å². The molecule has 0 radical (unpaired) electrons. The van der Waals surface area contributed by atoms with Gasteiger partial charge in [0.05, 0.1) is 12.1 Å². The lowest BCUT2D eigenvalue weighted by molar-refractivity contribution is -0.0557. The Morgan fingerprint density at radius 1 is 1.32 bits per heavy atom. The lowest BCUT2D eigenvalue weighted by Crippen LogP contribution is -2.50. The number of ether oxygens (including phenoxy) is 2. The van der Waals surface area contributed by atoms with E-state index in [2.05, 4.69) is 0 Å². The van der Waals surface area contributed by atoms with Crippen LogP contribution in [0.1, 0.15) is 49.5 Å². The summed E-state index contributed by atoms with van der Waals surface area (Å²) in [5, 5.41) is 0. The molecule has 5 nitrogen and oxygen atoms in total. The van der Waals surface area contributed by atoms with E-state index < -0.39 is 11.2 Å². The smallest absolute Gasteiger partial charge is 0.410 e. The van der Waals surface area contributed by atoms with Crippen molar-refractivity contribution in [3.63, 3.8) is 0 Å². The maximum Gasteiger partial charge on any atom is 0.410 e. The summed E-state index contributed by atoms with van der Waals surface area (Å²) < 4.78 is 11.1. The number of piperidine rings is 1. The normalized spacial score (nSPS) is 24.1. The lowest BCUT2D eigenvalue weighted by Gasteiger charge is -2.39. The summed E-state index contributed by atoms with van der Waals surface area (Å²) in [6, 6.07) is 7.42. The van der Waals surface area contributed by atoms with Gasteiger partial charge in [-0.2, -0.15) is 0 Å². The number of amides is 1. The zero-order valence-electron chi connectivity index (χ0n) is 13.2. The standard InChI is InChI=1S/C17H21NO4/c1-16(2,3)22-15(20)18-10-6-9-17(11-18)13-8-5-4-7-12(13)14(19)21-17/h4-5,7-8H,6,9-11H2,1-3H3/t17-/m0/s1. The Bertz CT molecular complexity index is 619. The molecule has 5 heteroatoms. The number of esters is 1. The fraction of sp³-hybridized carbons (Fsp3) is 0.529. The van der Waals surface area contributed by atoms with Gasteiger partial charge in [0.2, 0.25) is 0 Å². The van der Waals surface area contributed by atoms with Crippen LogP contribution in [0.5, 0.6) is 0 Å². The van der Waals surface area contributed by atoms with Crippen molar-refractivity contribution in [2.24, 2.45) is 0 Å². The molecule has 0 saturated carbocycles. The first-order valence-corrected chi connectivity index (χ1v) is 7.62. The first-order chi connectivity index (χ1) is 10.3. The first kappa shape index (κ1) is 14.9. The Labute approximate surface area is 130 Å². The van der Waals surface area contributed by atoms with Gasteiger partial charge in [-0.1, -0.05) is 18.2 Å². The van der Waals surface area contributed by atoms with E-state index in [9.17, 15) is 9.59 Å². The van der Waals surface area contributed by atoms with Crippen molar-refractivity contribution in [1.29, 1.82) is 0 Å². The van der Waals surface area contributed by atoms with E-state index in [0.717, 1.165) is 18.4 Å². The average molecular weight is 303 g/mol. The molecule has 1 spiro atoms. The molecule has 0 unspecified atom stereocenters. The van der Waals surface area contributed by atoms with Crippen LogP contribution >= 0.6 is 0 Å². The molecule has 0 aromatic heterocycles. The molecule has 1 fully saturated rings. The van der Waals surface area contributed by atoms with E-state index in [1.165, 1.54) is 0 Å². The van der Waals surface area contributed by atoms with Crippen molar-refractivity contribution in [2.75, 3.05) is 13.1 Å². The molecule has 1 atom stereocenters. The number of rotatable bonds is 0. The van der Waals surface area contributed by atoms with Crippen LogP contribution in [-0.2, 0) is 15.1 Å². The quantitative estimate of drug-likeness (QED) is 0.691. The van der Waals surface area contributed by atoms with Gasteiger partial charge in [0, 0.05) is 12.1 Å². The van der Waals surface area contributed by atoms with Gasteiger partial charge >= 0.3 is 12.1 Å². The molecule has 2 aliphatic rings. The Kier molecular flexibility index (Phi) is 3.38. The van der Waals surface area contributed by atoms with E-state index in [0.29, 0.717) is 18.7 Å². The fourth-order valence-corrected chi connectivity index (χ4v) is 3.15. The predicted molar refractivity (Wildman–Crippen MR) is 80.6 cm³/mol. The highest BCUT2D eigenvalue weighted by Crippen LogP contribution is 2.42. The monoisotopic (exact) mass is 303 g/mol. The van der Waals surface area contributed by atoms with Crippen LogP contribution in [0, 0.1) is 0 Å². The summed E-state index contributed by atoms with van der Waals surface area (Å²) in [5.41, 5.74) is 0.233. The van der Waals surface area contributed by atoms with E-state index in [-0.39, 0.29) is 12.1 Å². The Balaban J connectivity index is 1.85. The Morgan fingerprint density at radius 3 is 2.77 bits per heavy atom. The number of hydrogen-bond acceptors (Lipinski definition) is 4. The predicted octanol–water partition coefficient (Wildman–Crippen LogP) is 3.08. The summed E-state index contributed by atoms with van der Waals surface area (Å²) in [5.74, 6) is -0.304. The molecule has 0 aliphatic carbocycles. The van der Waals surface area contributed by atoms with Crippen molar-refractivity contribution >= 4 is 12.1 Å². The van der Waals surface area contributed by atoms with Crippen LogP contribution in [-0.4, -0.2) is 35.7 Å². The van der Waals surface area contributed by atoms with E-state index >= 15 is 0 Å². The zero-order chi connectivity index (χ0) is 16.0. The highest BCUT2D eigenvalue weighted by molar-refractivity contribution is 5.94. The van der Waals surface area contributed by atoms with Crippen molar-refractivity contribution in [2.45, 2.75) is 44.8 Å². The number of carbonyl (C=O) groups excluding carboxylic acids is 2. The summed E-state index contributed by atoms with van der Waals surface area (Å²) >= 11 is 0. The molecule has 1 saturated heterocycles. The Morgan fingerprint density at radius 2 is 2.05 bits per heavy atom. The summed E-state index contributed by atoms with van der Waals surface area (Å²) in [4.78, 5) is 26.0. The van der Waals surface area contributed by atoms with Gasteiger partial charge in [-0.3, -0.25) is 0 Å². The first-order valence-electron chi connectivity index (χ1n) is 7.62. The molecule has 3 rings (SSSR count). The fourth-order valence-electron chi connectivity index (χ4n) is 3.15. The van der Waals surface area contributed by atoms with Crippen LogP contribution in [0.3, 0.4) is 0 Å². The van der Waals surface area contributed by atoms with Crippen molar-refractivity contribution < 1.29 is 19.1 Å². The molecule has 2 heterocycles. The van der Waals surface area contributed by atoms with Crippen LogP contribution in [0.2, 0.25) is 0 Å². The van der Waals surface area contributed by atoms with Crippen LogP contribution in [0.4, 0.5) is 4.79 Å². The molecule has 2 aliphatic heterocycles. The molecule has 0 bridgehead atoms. The van der Waals surface area contributed by atoms with Crippen molar-refractivity contribution in [1.82, 2.24) is 4.90 Å². The third-order valence-corrected chi connectivity index (χ3v) is 4.03. The minimum Gasteiger partial charge on any atom is -0.449 e. The van der Waals surface area contributed by atoms with Crippen LogP contribution < -0.4 is 0 Å². The average Bonchev–Trinajstić information content (AvgIpc) is 2.70. The maximum absolute atomic E-state index is 12.3. The SMILES string of the molecule is CC(C)(C)OC(=O)N1CCC[C@@]2(C1)OC(=O)c1ccccc12. The number of likely N-dealkylation sites (tertiary alicyclic amines) is 1. The number of benzene rings is 1. The summed E-state index contributed by atoms with van der Waals surface area (Å²) in [6.07, 6.45) is 1.16. The Hall–Kier alpha value is -2.04. The second-order valence-electron chi connectivity index (χ2n) is 6.93. The van der Waals surface area contributed by atoms with Gasteiger partial charge in [0.15, 0.2) is 5.60 Å². The zero-order valence-corrected chi connectivity index (χ0v) is 13.2. The van der Waals surface area contributed by atoms with Gasteiger partial charge < -0.3 is 14.4 Å². The number of hydrogen-bond donors (Lipinski definition) is 0. The van der Waals surface area contributed by atoms with E-state index in [4.69, 9.17) is 9.47 Å². The minimum atomic E-state index is -0.719. The molecular formula is C17H21NO4. The summed E-state index contributed by atoms with van der Waals surface area (Å²) in [6.45, 7) is 6.50. The van der Waals surface area contributed by atoms with E-state index in [1.54, 1.807) is 11.0 Å². The number of fused-ring (bicyclic) bond motifs is 2.